The average Bonchev–Trinajstić information content (AvgIpc) is 3.32. The molecule has 0 radical (unpaired) electrons. The van der Waals surface area contributed by atoms with Crippen LogP contribution < -0.4 is 10.6 Å². The average molecular weight is 506 g/mol. The zero-order chi connectivity index (χ0) is 26.6. The Morgan fingerprint density at radius 3 is 2.59 bits per heavy atom. The summed E-state index contributed by atoms with van der Waals surface area (Å²) in [7, 11) is 0. The van der Waals surface area contributed by atoms with Crippen LogP contribution in [0.1, 0.15) is 87.8 Å². The second kappa shape index (κ2) is 11.6. The third kappa shape index (κ3) is 7.07. The Labute approximate surface area is 220 Å². The molecule has 0 aliphatic heterocycles. The number of aromatic nitrogens is 1. The van der Waals surface area contributed by atoms with Crippen molar-refractivity contribution in [3.8, 4) is 0 Å². The number of amides is 1. The van der Waals surface area contributed by atoms with E-state index in [9.17, 15) is 9.18 Å². The van der Waals surface area contributed by atoms with Crippen LogP contribution in [0.5, 0.6) is 0 Å². The predicted molar refractivity (Wildman–Crippen MR) is 146 cm³/mol. The van der Waals surface area contributed by atoms with E-state index < -0.39 is 0 Å². The fourth-order valence-corrected chi connectivity index (χ4v) is 5.12. The van der Waals surface area contributed by atoms with Crippen LogP contribution in [0.2, 0.25) is 0 Å². The van der Waals surface area contributed by atoms with Gasteiger partial charge in [0.1, 0.15) is 11.6 Å². The Kier molecular flexibility index (Phi) is 8.48. The predicted octanol–water partition coefficient (Wildman–Crippen LogP) is 6.71. The molecular weight excluding hydrogens is 465 g/mol. The van der Waals surface area contributed by atoms with Gasteiger partial charge in [-0.3, -0.25) is 4.79 Å². The van der Waals surface area contributed by atoms with Crippen molar-refractivity contribution in [2.45, 2.75) is 96.6 Å². The van der Waals surface area contributed by atoms with E-state index in [0.717, 1.165) is 55.4 Å². The molecule has 0 saturated carbocycles. The van der Waals surface area contributed by atoms with Crippen molar-refractivity contribution in [3.63, 3.8) is 0 Å². The highest BCUT2D eigenvalue weighted by Crippen LogP contribution is 2.27. The summed E-state index contributed by atoms with van der Waals surface area (Å²) >= 11 is 0. The van der Waals surface area contributed by atoms with Crippen LogP contribution in [0.3, 0.4) is 0 Å². The molecular formula is C31H40FN3O2. The first-order chi connectivity index (χ1) is 17.6. The molecule has 2 N–H and O–H groups in total. The minimum absolute atomic E-state index is 0.1000. The smallest absolute Gasteiger partial charge is 0.242 e. The Bertz CT molecular complexity index is 1200. The third-order valence-electron chi connectivity index (χ3n) is 7.35. The Balaban J connectivity index is 1.34. The van der Waals surface area contributed by atoms with Gasteiger partial charge in [0, 0.05) is 18.0 Å². The van der Waals surface area contributed by atoms with E-state index in [1.807, 2.05) is 12.1 Å². The van der Waals surface area contributed by atoms with E-state index >= 15 is 0 Å². The molecule has 37 heavy (non-hydrogen) atoms. The molecule has 1 aliphatic rings. The summed E-state index contributed by atoms with van der Waals surface area (Å²) in [6.45, 7) is 10.8. The number of nitrogens with one attached hydrogen (secondary N) is 2. The van der Waals surface area contributed by atoms with Crippen LogP contribution in [-0.2, 0) is 29.5 Å². The number of fused-ring (bicyclic) bond motifs is 1. The van der Waals surface area contributed by atoms with Crippen LogP contribution >= 0.6 is 0 Å². The molecule has 3 aromatic rings. The number of anilines is 1. The summed E-state index contributed by atoms with van der Waals surface area (Å²) in [6.07, 6.45) is 4.94. The number of carbonyl (C=O) groups is 1. The van der Waals surface area contributed by atoms with Gasteiger partial charge in [0.15, 0.2) is 5.82 Å². The molecule has 2 unspecified atom stereocenters. The first-order valence-corrected chi connectivity index (χ1v) is 13.5. The number of carbonyl (C=O) groups excluding carboxylic acids is 1. The molecule has 0 bridgehead atoms. The number of halogens is 1. The molecule has 6 heteroatoms. The van der Waals surface area contributed by atoms with Crippen LogP contribution in [0.4, 0.5) is 10.2 Å². The van der Waals surface area contributed by atoms with Gasteiger partial charge < -0.3 is 15.2 Å². The summed E-state index contributed by atoms with van der Waals surface area (Å²) in [5.41, 5.74) is 4.92. The van der Waals surface area contributed by atoms with Crippen molar-refractivity contribution >= 4 is 11.7 Å². The number of benzene rings is 2. The van der Waals surface area contributed by atoms with E-state index in [0.29, 0.717) is 5.82 Å². The van der Waals surface area contributed by atoms with Crippen LogP contribution in [0.15, 0.2) is 53.1 Å². The Morgan fingerprint density at radius 2 is 1.89 bits per heavy atom. The van der Waals surface area contributed by atoms with Crippen LogP contribution in [0, 0.1) is 5.82 Å². The highest BCUT2D eigenvalue weighted by atomic mass is 19.1. The Morgan fingerprint density at radius 1 is 1.14 bits per heavy atom. The molecule has 1 amide bonds. The lowest BCUT2D eigenvalue weighted by Crippen LogP contribution is -2.47. The maximum absolute atomic E-state index is 13.5. The fourth-order valence-electron chi connectivity index (χ4n) is 5.12. The van der Waals surface area contributed by atoms with Crippen molar-refractivity contribution < 1.29 is 13.7 Å². The fraction of sp³-hybridized carbons (Fsp3) is 0.484. The molecule has 1 aromatic heterocycles. The van der Waals surface area contributed by atoms with Crippen molar-refractivity contribution in [1.82, 2.24) is 10.5 Å². The summed E-state index contributed by atoms with van der Waals surface area (Å²) in [5, 5.41) is 10.6. The van der Waals surface area contributed by atoms with Gasteiger partial charge in [-0.2, -0.15) is 0 Å². The van der Waals surface area contributed by atoms with Gasteiger partial charge >= 0.3 is 0 Å². The second-order valence-electron chi connectivity index (χ2n) is 11.5. The first kappa shape index (κ1) is 27.1. The molecule has 2 aromatic carbocycles. The minimum Gasteiger partial charge on any atom is -0.359 e. The van der Waals surface area contributed by atoms with Gasteiger partial charge in [0.05, 0.1) is 6.04 Å². The molecule has 198 valence electrons. The van der Waals surface area contributed by atoms with Crippen molar-refractivity contribution in [1.29, 1.82) is 0 Å². The molecule has 0 fully saturated rings. The van der Waals surface area contributed by atoms with Gasteiger partial charge in [-0.05, 0) is 71.9 Å². The van der Waals surface area contributed by atoms with Crippen molar-refractivity contribution in [3.05, 3.63) is 82.4 Å². The van der Waals surface area contributed by atoms with Crippen molar-refractivity contribution in [2.75, 3.05) is 5.32 Å². The van der Waals surface area contributed by atoms with E-state index in [-0.39, 0.29) is 35.1 Å². The van der Waals surface area contributed by atoms with Gasteiger partial charge in [-0.1, -0.05) is 76.5 Å². The maximum atomic E-state index is 13.5. The maximum Gasteiger partial charge on any atom is 0.242 e. The number of hydrogen-bond donors (Lipinski definition) is 2. The largest absolute Gasteiger partial charge is 0.359 e. The number of hydrogen-bond acceptors (Lipinski definition) is 4. The lowest BCUT2D eigenvalue weighted by Gasteiger charge is -2.29. The van der Waals surface area contributed by atoms with Gasteiger partial charge in [0.25, 0.3) is 0 Å². The summed E-state index contributed by atoms with van der Waals surface area (Å²) < 4.78 is 19.1. The summed E-state index contributed by atoms with van der Waals surface area (Å²) in [5.74, 6) is 1.05. The van der Waals surface area contributed by atoms with Crippen LogP contribution in [-0.4, -0.2) is 23.1 Å². The molecule has 0 saturated heterocycles. The van der Waals surface area contributed by atoms with E-state index in [2.05, 4.69) is 74.7 Å². The molecule has 1 aliphatic carbocycles. The topological polar surface area (TPSA) is 67.2 Å². The zero-order valence-corrected chi connectivity index (χ0v) is 22.7. The summed E-state index contributed by atoms with van der Waals surface area (Å²) in [6, 6.07) is 15.4. The highest BCUT2D eigenvalue weighted by molar-refractivity contribution is 5.94. The van der Waals surface area contributed by atoms with E-state index in [1.165, 1.54) is 17.2 Å². The molecule has 0 spiro atoms. The molecule has 3 atom stereocenters. The quantitative estimate of drug-likeness (QED) is 0.339. The molecule has 4 rings (SSSR count). The number of nitrogens with zero attached hydrogens (tertiary/aromatic N) is 1. The molecule has 5 nitrogen and oxygen atoms in total. The monoisotopic (exact) mass is 505 g/mol. The SMILES string of the molecule is CCC[C@H](NC1CCc2cc(F)ccc2C1)C(=O)Nc1cc(C(C)Cc2ccc(C(C)(C)C)cc2)on1. The van der Waals surface area contributed by atoms with Crippen LogP contribution in [0.25, 0.3) is 0 Å². The first-order valence-electron chi connectivity index (χ1n) is 13.5. The molecule has 1 heterocycles. The normalized spacial score (nSPS) is 17.2. The minimum atomic E-state index is -0.323. The Hall–Kier alpha value is -2.99. The lowest BCUT2D eigenvalue weighted by molar-refractivity contribution is -0.118. The zero-order valence-electron chi connectivity index (χ0n) is 22.7. The summed E-state index contributed by atoms with van der Waals surface area (Å²) in [4.78, 5) is 13.1. The van der Waals surface area contributed by atoms with E-state index in [1.54, 1.807) is 6.07 Å². The van der Waals surface area contributed by atoms with Gasteiger partial charge in [0.2, 0.25) is 5.91 Å². The van der Waals surface area contributed by atoms with E-state index in [4.69, 9.17) is 4.52 Å². The van der Waals surface area contributed by atoms with Gasteiger partial charge in [-0.15, -0.1) is 0 Å². The van der Waals surface area contributed by atoms with Gasteiger partial charge in [-0.25, -0.2) is 4.39 Å². The van der Waals surface area contributed by atoms with Crippen molar-refractivity contribution in [2.24, 2.45) is 0 Å². The third-order valence-corrected chi connectivity index (χ3v) is 7.35. The second-order valence-corrected chi connectivity index (χ2v) is 11.5. The number of aryl methyl sites for hydroxylation is 1. The lowest BCUT2D eigenvalue weighted by atomic mass is 9.86. The standard InChI is InChI=1S/C31H40FN3O2/c1-6-7-27(33-26-15-11-22-17-25(32)14-10-23(22)18-26)30(36)34-29-19-28(37-35-29)20(2)16-21-8-12-24(13-9-21)31(3,4)5/h8-10,12-14,17,19-20,26-27,33H,6-7,11,15-16,18H2,1-5H3,(H,34,35,36)/t20?,26?,27-/m0/s1. The number of rotatable bonds is 9. The highest BCUT2D eigenvalue weighted by Gasteiger charge is 2.26.